The number of thiophene rings is 1. The lowest BCUT2D eigenvalue weighted by Crippen LogP contribution is -2.37. The van der Waals surface area contributed by atoms with Crippen molar-refractivity contribution in [2.24, 2.45) is 5.92 Å². The number of nitrogens with one attached hydrogen (secondary N) is 2. The number of aromatic amines is 1. The maximum atomic E-state index is 13.0. The summed E-state index contributed by atoms with van der Waals surface area (Å²) in [6.45, 7) is 3.61. The molecule has 34 heavy (non-hydrogen) atoms. The van der Waals surface area contributed by atoms with E-state index in [1.165, 1.54) is 10.4 Å². The molecule has 0 radical (unpaired) electrons. The minimum Gasteiger partial charge on any atom is -0.492 e. The summed E-state index contributed by atoms with van der Waals surface area (Å²) in [4.78, 5) is 26.1. The van der Waals surface area contributed by atoms with E-state index in [0.29, 0.717) is 32.5 Å². The smallest absolute Gasteiger partial charge is 0.226 e. The summed E-state index contributed by atoms with van der Waals surface area (Å²) in [7, 11) is 0. The Morgan fingerprint density at radius 1 is 1.35 bits per heavy atom. The molecule has 1 amide bonds. The number of β-amino-alcohol motifs (C(OH)–C–C–N with tert-alkyl or cyclic N) is 1. The lowest BCUT2D eigenvalue weighted by Gasteiger charge is -2.26. The zero-order valence-corrected chi connectivity index (χ0v) is 19.7. The number of hydrogen-bond donors (Lipinski definition) is 3. The molecular weight excluding hydrogens is 452 g/mol. The van der Waals surface area contributed by atoms with Crippen molar-refractivity contribution in [3.8, 4) is 5.75 Å². The Kier molecular flexibility index (Phi) is 5.34. The van der Waals surface area contributed by atoms with Gasteiger partial charge in [-0.15, -0.1) is 11.3 Å². The molecule has 1 aliphatic heterocycles. The quantitative estimate of drug-likeness (QED) is 0.402. The highest BCUT2D eigenvalue weighted by atomic mass is 32.1. The molecular formula is C24H26N6O3S. The van der Waals surface area contributed by atoms with Crippen LogP contribution in [0.15, 0.2) is 24.7 Å². The number of benzene rings is 1. The number of aromatic nitrogens is 4. The van der Waals surface area contributed by atoms with Crippen molar-refractivity contribution in [3.63, 3.8) is 0 Å². The highest BCUT2D eigenvalue weighted by Gasteiger charge is 2.34. The first-order chi connectivity index (χ1) is 16.6. The van der Waals surface area contributed by atoms with Gasteiger partial charge >= 0.3 is 0 Å². The standard InChI is InChI=1S/C24H26N6O3S/c1-2-33-19-9-17-14(10-27-29-17)7-18(19)28-22-21-16-4-3-13(24(32)30-6-5-15(31)11-30)8-20(16)34-23(21)26-12-25-22/h7,9-10,12-13,15,31H,2-6,8,11H2,1H3,(H,27,29)(H,25,26,28)/t13-,15+/m0/s1. The van der Waals surface area contributed by atoms with Gasteiger partial charge < -0.3 is 20.1 Å². The number of aliphatic hydroxyl groups is 1. The van der Waals surface area contributed by atoms with Gasteiger partial charge in [0.1, 0.15) is 22.7 Å². The third-order valence-corrected chi connectivity index (χ3v) is 7.93. The van der Waals surface area contributed by atoms with Crippen LogP contribution in [0.5, 0.6) is 5.75 Å². The number of hydrogen-bond acceptors (Lipinski definition) is 8. The lowest BCUT2D eigenvalue weighted by atomic mass is 9.87. The first-order valence-electron chi connectivity index (χ1n) is 11.7. The van der Waals surface area contributed by atoms with Crippen molar-refractivity contribution >= 4 is 49.9 Å². The highest BCUT2D eigenvalue weighted by molar-refractivity contribution is 7.19. The van der Waals surface area contributed by atoms with Crippen molar-refractivity contribution in [3.05, 3.63) is 35.1 Å². The van der Waals surface area contributed by atoms with Crippen LogP contribution in [0.3, 0.4) is 0 Å². The van der Waals surface area contributed by atoms with Crippen LogP contribution in [0.25, 0.3) is 21.1 Å². The Labute approximate surface area is 200 Å². The first kappa shape index (κ1) is 21.3. The minimum absolute atomic E-state index is 0.0386. The SMILES string of the molecule is CCOc1cc2[nH]ncc2cc1Nc1ncnc2sc3c(c12)CC[C@H](C(=O)N1CC[C@@H](O)C1)C3. The van der Waals surface area contributed by atoms with Crippen LogP contribution in [-0.2, 0) is 17.6 Å². The van der Waals surface area contributed by atoms with E-state index in [1.54, 1.807) is 23.9 Å². The summed E-state index contributed by atoms with van der Waals surface area (Å²) in [5, 5.41) is 22.4. The number of nitrogens with zero attached hydrogens (tertiary/aromatic N) is 4. The summed E-state index contributed by atoms with van der Waals surface area (Å²) in [5.41, 5.74) is 2.97. The maximum Gasteiger partial charge on any atom is 0.226 e. The van der Waals surface area contributed by atoms with Gasteiger partial charge in [0.25, 0.3) is 0 Å². The topological polar surface area (TPSA) is 116 Å². The number of carbonyl (C=O) groups is 1. The molecule has 0 spiro atoms. The van der Waals surface area contributed by atoms with Gasteiger partial charge in [-0.2, -0.15) is 5.10 Å². The fourth-order valence-corrected chi connectivity index (χ4v) is 6.35. The molecule has 1 aliphatic carbocycles. The number of likely N-dealkylation sites (tertiary alicyclic amines) is 1. The normalized spacial score (nSPS) is 20.1. The van der Waals surface area contributed by atoms with E-state index >= 15 is 0 Å². The second-order valence-electron chi connectivity index (χ2n) is 8.94. The number of fused-ring (bicyclic) bond motifs is 4. The molecule has 176 valence electrons. The van der Waals surface area contributed by atoms with Gasteiger partial charge in [0, 0.05) is 35.3 Å². The summed E-state index contributed by atoms with van der Waals surface area (Å²) in [6.07, 6.45) is 5.97. The van der Waals surface area contributed by atoms with Gasteiger partial charge in [-0.1, -0.05) is 0 Å². The van der Waals surface area contributed by atoms with Gasteiger partial charge in [-0.25, -0.2) is 9.97 Å². The molecule has 6 rings (SSSR count). The third-order valence-electron chi connectivity index (χ3n) is 6.76. The predicted molar refractivity (Wildman–Crippen MR) is 131 cm³/mol. The van der Waals surface area contributed by atoms with Crippen molar-refractivity contribution in [1.82, 2.24) is 25.1 Å². The number of H-pyrrole nitrogens is 1. The molecule has 1 saturated heterocycles. The number of anilines is 2. The molecule has 3 N–H and O–H groups in total. The number of carbonyl (C=O) groups excluding carboxylic acids is 1. The van der Waals surface area contributed by atoms with E-state index in [2.05, 4.69) is 25.5 Å². The molecule has 2 aliphatic rings. The maximum absolute atomic E-state index is 13.0. The van der Waals surface area contributed by atoms with Crippen molar-refractivity contribution in [2.75, 3.05) is 25.0 Å². The molecule has 9 nitrogen and oxygen atoms in total. The van der Waals surface area contributed by atoms with Gasteiger partial charge in [-0.05, 0) is 44.2 Å². The number of aliphatic hydroxyl groups excluding tert-OH is 1. The van der Waals surface area contributed by atoms with Gasteiger partial charge in [0.15, 0.2) is 0 Å². The monoisotopic (exact) mass is 478 g/mol. The summed E-state index contributed by atoms with van der Waals surface area (Å²) in [6, 6.07) is 3.96. The highest BCUT2D eigenvalue weighted by Crippen LogP contribution is 2.42. The Morgan fingerprint density at radius 2 is 2.26 bits per heavy atom. The van der Waals surface area contributed by atoms with Crippen LogP contribution < -0.4 is 10.1 Å². The van der Waals surface area contributed by atoms with Crippen LogP contribution in [0.4, 0.5) is 11.5 Å². The second kappa shape index (κ2) is 8.52. The molecule has 0 bridgehead atoms. The molecule has 4 heterocycles. The van der Waals surface area contributed by atoms with Crippen LogP contribution in [0.2, 0.25) is 0 Å². The number of amides is 1. The van der Waals surface area contributed by atoms with Gasteiger partial charge in [0.05, 0.1) is 35.5 Å². The van der Waals surface area contributed by atoms with Crippen LogP contribution in [0.1, 0.15) is 30.2 Å². The Balaban J connectivity index is 1.32. The molecule has 1 aromatic carbocycles. The predicted octanol–water partition coefficient (Wildman–Crippen LogP) is 3.41. The van der Waals surface area contributed by atoms with E-state index in [9.17, 15) is 9.90 Å². The van der Waals surface area contributed by atoms with Gasteiger partial charge in [0.2, 0.25) is 5.91 Å². The average Bonchev–Trinajstić information content (AvgIpc) is 3.56. The number of ether oxygens (including phenoxy) is 1. The van der Waals surface area contributed by atoms with Crippen molar-refractivity contribution in [1.29, 1.82) is 0 Å². The summed E-state index contributed by atoms with van der Waals surface area (Å²) >= 11 is 1.65. The largest absolute Gasteiger partial charge is 0.492 e. The van der Waals surface area contributed by atoms with Crippen molar-refractivity contribution < 1.29 is 14.6 Å². The molecule has 0 saturated carbocycles. The Hall–Kier alpha value is -3.24. The minimum atomic E-state index is -0.390. The molecule has 0 unspecified atom stereocenters. The Morgan fingerprint density at radius 3 is 3.09 bits per heavy atom. The fourth-order valence-electron chi connectivity index (χ4n) is 5.09. The Bertz CT molecular complexity index is 1380. The number of aryl methyl sites for hydroxylation is 1. The first-order valence-corrected chi connectivity index (χ1v) is 12.5. The molecule has 1 fully saturated rings. The zero-order valence-electron chi connectivity index (χ0n) is 18.9. The van der Waals surface area contributed by atoms with E-state index in [4.69, 9.17) is 4.74 Å². The van der Waals surface area contributed by atoms with E-state index in [0.717, 1.165) is 51.2 Å². The number of rotatable bonds is 5. The fraction of sp³-hybridized carbons (Fsp3) is 0.417. The van der Waals surface area contributed by atoms with Crippen LogP contribution in [-0.4, -0.2) is 61.9 Å². The van der Waals surface area contributed by atoms with Crippen LogP contribution >= 0.6 is 11.3 Å². The third kappa shape index (κ3) is 3.67. The molecule has 10 heteroatoms. The zero-order chi connectivity index (χ0) is 23.2. The molecule has 3 aromatic heterocycles. The van der Waals surface area contributed by atoms with Gasteiger partial charge in [-0.3, -0.25) is 9.89 Å². The summed E-state index contributed by atoms with van der Waals surface area (Å²) in [5.74, 6) is 1.61. The van der Waals surface area contributed by atoms with E-state index in [1.807, 2.05) is 24.0 Å². The van der Waals surface area contributed by atoms with E-state index < -0.39 is 0 Å². The lowest BCUT2D eigenvalue weighted by molar-refractivity contribution is -0.135. The molecule has 2 atom stereocenters. The second-order valence-corrected chi connectivity index (χ2v) is 10.0. The average molecular weight is 479 g/mol. The van der Waals surface area contributed by atoms with Crippen LogP contribution in [0, 0.1) is 5.92 Å². The van der Waals surface area contributed by atoms with Crippen molar-refractivity contribution in [2.45, 2.75) is 38.7 Å². The van der Waals surface area contributed by atoms with E-state index in [-0.39, 0.29) is 17.9 Å². The molecule has 4 aromatic rings. The summed E-state index contributed by atoms with van der Waals surface area (Å²) < 4.78 is 5.88.